The number of carbonyl (C=O) groups excluding carboxylic acids is 1. The Morgan fingerprint density at radius 1 is 1.31 bits per heavy atom. The van der Waals surface area contributed by atoms with Crippen molar-refractivity contribution in [2.24, 2.45) is 10.7 Å². The van der Waals surface area contributed by atoms with Crippen molar-refractivity contribution in [2.45, 2.75) is 25.3 Å². The second-order valence-corrected chi connectivity index (χ2v) is 7.93. The number of ether oxygens (including phenoxy) is 2. The van der Waals surface area contributed by atoms with Crippen molar-refractivity contribution < 1.29 is 18.7 Å². The number of aromatic nitrogens is 2. The zero-order valence-electron chi connectivity index (χ0n) is 16.4. The number of halogens is 1. The lowest BCUT2D eigenvalue weighted by Crippen LogP contribution is -2.29. The first kappa shape index (κ1) is 21.2. The van der Waals surface area contributed by atoms with Crippen LogP contribution in [0, 0.1) is 5.82 Å². The number of carbonyl (C=O) groups is 1. The predicted octanol–water partition coefficient (Wildman–Crippen LogP) is 2.73. The molecular formula is C20H23FN4O3S. The summed E-state index contributed by atoms with van der Waals surface area (Å²) >= 11 is 1.46. The largest absolute Gasteiger partial charge is 0.474 e. The minimum absolute atomic E-state index is 0.0792. The number of methoxy groups -OCH3 is 1. The summed E-state index contributed by atoms with van der Waals surface area (Å²) in [5.74, 6) is 0.514. The van der Waals surface area contributed by atoms with Gasteiger partial charge in [0.2, 0.25) is 5.88 Å². The molecule has 1 aliphatic rings. The molecule has 1 aliphatic heterocycles. The molecule has 2 N–H and O–H groups in total. The van der Waals surface area contributed by atoms with E-state index < -0.39 is 5.54 Å². The van der Waals surface area contributed by atoms with Gasteiger partial charge in [-0.1, -0.05) is 17.8 Å². The monoisotopic (exact) mass is 418 g/mol. The molecule has 3 rings (SSSR count). The molecule has 0 radical (unpaired) electrons. The highest BCUT2D eigenvalue weighted by Gasteiger charge is 2.32. The van der Waals surface area contributed by atoms with Gasteiger partial charge in [0.25, 0.3) is 0 Å². The van der Waals surface area contributed by atoms with Crippen molar-refractivity contribution in [3.63, 3.8) is 0 Å². The fourth-order valence-electron chi connectivity index (χ4n) is 3.02. The Balaban J connectivity index is 1.73. The Morgan fingerprint density at radius 3 is 2.83 bits per heavy atom. The molecule has 2 heterocycles. The number of ketones is 1. The zero-order valence-corrected chi connectivity index (χ0v) is 17.2. The normalized spacial score (nSPS) is 18.9. The number of aliphatic imine (C=N–C) groups is 1. The van der Waals surface area contributed by atoms with E-state index in [0.29, 0.717) is 41.8 Å². The van der Waals surface area contributed by atoms with Crippen molar-refractivity contribution in [3.05, 3.63) is 53.2 Å². The van der Waals surface area contributed by atoms with Crippen molar-refractivity contribution >= 4 is 22.7 Å². The van der Waals surface area contributed by atoms with Gasteiger partial charge in [0, 0.05) is 24.8 Å². The first-order chi connectivity index (χ1) is 13.9. The van der Waals surface area contributed by atoms with Crippen LogP contribution in [-0.4, -0.2) is 47.0 Å². The Bertz CT molecular complexity index is 907. The number of nitrogens with zero attached hydrogens (tertiary/aromatic N) is 3. The van der Waals surface area contributed by atoms with Crippen LogP contribution in [0.15, 0.2) is 35.6 Å². The number of rotatable bonds is 8. The van der Waals surface area contributed by atoms with Gasteiger partial charge >= 0.3 is 0 Å². The molecule has 7 nitrogen and oxygen atoms in total. The van der Waals surface area contributed by atoms with Crippen LogP contribution in [0.5, 0.6) is 5.88 Å². The van der Waals surface area contributed by atoms with Gasteiger partial charge < -0.3 is 15.2 Å². The van der Waals surface area contributed by atoms with Gasteiger partial charge in [0.05, 0.1) is 24.5 Å². The van der Waals surface area contributed by atoms with Crippen molar-refractivity contribution in [3.8, 4) is 5.88 Å². The van der Waals surface area contributed by atoms with E-state index in [1.165, 1.54) is 30.2 Å². The van der Waals surface area contributed by atoms with Crippen LogP contribution >= 0.6 is 11.8 Å². The lowest BCUT2D eigenvalue weighted by Gasteiger charge is -2.30. The number of hydrogen-bond acceptors (Lipinski definition) is 8. The molecule has 0 fully saturated rings. The minimum Gasteiger partial charge on any atom is -0.474 e. The van der Waals surface area contributed by atoms with E-state index in [1.807, 2.05) is 6.92 Å². The summed E-state index contributed by atoms with van der Waals surface area (Å²) in [7, 11) is 1.58. The van der Waals surface area contributed by atoms with Gasteiger partial charge in [-0.25, -0.2) is 14.4 Å². The predicted molar refractivity (Wildman–Crippen MR) is 110 cm³/mol. The van der Waals surface area contributed by atoms with Crippen LogP contribution < -0.4 is 10.5 Å². The summed E-state index contributed by atoms with van der Waals surface area (Å²) in [4.78, 5) is 25.2. The molecule has 0 saturated heterocycles. The molecule has 1 atom stereocenters. The van der Waals surface area contributed by atoms with Crippen LogP contribution in [0.1, 0.15) is 35.0 Å². The van der Waals surface area contributed by atoms with Crippen LogP contribution in [0.2, 0.25) is 0 Å². The fourth-order valence-corrected chi connectivity index (χ4v) is 3.99. The quantitative estimate of drug-likeness (QED) is 0.520. The molecule has 0 bridgehead atoms. The second-order valence-electron chi connectivity index (χ2n) is 6.82. The maximum Gasteiger partial charge on any atom is 0.232 e. The average Bonchev–Trinajstić information content (AvgIpc) is 2.70. The second kappa shape index (κ2) is 9.32. The highest BCUT2D eigenvalue weighted by Crippen LogP contribution is 2.36. The van der Waals surface area contributed by atoms with Crippen molar-refractivity contribution in [2.75, 3.05) is 26.1 Å². The van der Waals surface area contributed by atoms with Gasteiger partial charge in [0.1, 0.15) is 18.1 Å². The molecule has 2 aromatic rings. The van der Waals surface area contributed by atoms with Gasteiger partial charge in [0.15, 0.2) is 11.0 Å². The Kier molecular flexibility index (Phi) is 6.81. The average molecular weight is 418 g/mol. The standard InChI is InChI=1S/C20H23FN4O3S/c1-20(5-8-29-19(22)25-20)14-9-13(3-4-15(14)21)10-17(26)16-11-24-18(12-23-16)28-7-6-27-2/h3-4,9,11-12H,5-8,10H2,1-2H3,(H2,22,25)/t20-/m0/s1. The fraction of sp³-hybridized carbons (Fsp3) is 0.400. The molecule has 0 saturated carbocycles. The molecule has 1 aromatic carbocycles. The van der Waals surface area contributed by atoms with E-state index in [0.717, 1.165) is 5.75 Å². The molecule has 154 valence electrons. The molecule has 1 aromatic heterocycles. The number of thioether (sulfide) groups is 1. The van der Waals surface area contributed by atoms with E-state index in [2.05, 4.69) is 15.0 Å². The minimum atomic E-state index is -0.737. The topological polar surface area (TPSA) is 99.7 Å². The maximum absolute atomic E-state index is 14.5. The van der Waals surface area contributed by atoms with Crippen LogP contribution in [0.25, 0.3) is 0 Å². The van der Waals surface area contributed by atoms with Crippen molar-refractivity contribution in [1.82, 2.24) is 9.97 Å². The number of nitrogens with two attached hydrogens (primary N) is 1. The number of Topliss-reactive ketones (excluding diaryl/α,β-unsaturated/α-hetero) is 1. The van der Waals surface area contributed by atoms with Gasteiger partial charge in [-0.2, -0.15) is 0 Å². The lowest BCUT2D eigenvalue weighted by molar-refractivity contribution is 0.0987. The summed E-state index contributed by atoms with van der Waals surface area (Å²) in [5.41, 5.74) is 6.46. The zero-order chi connectivity index (χ0) is 20.9. The van der Waals surface area contributed by atoms with E-state index in [4.69, 9.17) is 15.2 Å². The Hall–Kier alpha value is -2.52. The van der Waals surface area contributed by atoms with Crippen LogP contribution in [0.3, 0.4) is 0 Å². The van der Waals surface area contributed by atoms with E-state index >= 15 is 0 Å². The summed E-state index contributed by atoms with van der Waals surface area (Å²) in [6.07, 6.45) is 3.52. The summed E-state index contributed by atoms with van der Waals surface area (Å²) in [6.45, 7) is 2.64. The van der Waals surface area contributed by atoms with Gasteiger partial charge in [-0.05, 0) is 31.0 Å². The third kappa shape index (κ3) is 5.30. The first-order valence-electron chi connectivity index (χ1n) is 9.15. The molecule has 9 heteroatoms. The van der Waals surface area contributed by atoms with Crippen molar-refractivity contribution in [1.29, 1.82) is 0 Å². The summed E-state index contributed by atoms with van der Waals surface area (Å²) < 4.78 is 24.7. The maximum atomic E-state index is 14.5. The Morgan fingerprint density at radius 2 is 2.14 bits per heavy atom. The molecule has 0 unspecified atom stereocenters. The lowest BCUT2D eigenvalue weighted by atomic mass is 9.87. The smallest absolute Gasteiger partial charge is 0.232 e. The molecule has 0 amide bonds. The van der Waals surface area contributed by atoms with Crippen LogP contribution in [0.4, 0.5) is 4.39 Å². The molecule has 29 heavy (non-hydrogen) atoms. The summed E-state index contributed by atoms with van der Waals surface area (Å²) in [6, 6.07) is 4.66. The first-order valence-corrected chi connectivity index (χ1v) is 10.1. The SMILES string of the molecule is COCCOc1cnc(C(=O)Cc2ccc(F)c([C@]3(C)CCSC(N)=N3)c2)cn1. The Labute approximate surface area is 172 Å². The van der Waals surface area contributed by atoms with Gasteiger partial charge in [-0.3, -0.25) is 9.79 Å². The van der Waals surface area contributed by atoms with E-state index in [9.17, 15) is 9.18 Å². The highest BCUT2D eigenvalue weighted by atomic mass is 32.2. The molecule has 0 spiro atoms. The third-order valence-electron chi connectivity index (χ3n) is 4.62. The van der Waals surface area contributed by atoms with E-state index in [1.54, 1.807) is 19.2 Å². The number of benzene rings is 1. The molecule has 0 aliphatic carbocycles. The number of hydrogen-bond donors (Lipinski definition) is 1. The van der Waals surface area contributed by atoms with Crippen LogP contribution in [-0.2, 0) is 16.7 Å². The highest BCUT2D eigenvalue weighted by molar-refractivity contribution is 8.13. The number of amidine groups is 1. The van der Waals surface area contributed by atoms with Gasteiger partial charge in [-0.15, -0.1) is 0 Å². The third-order valence-corrected chi connectivity index (χ3v) is 5.42. The summed E-state index contributed by atoms with van der Waals surface area (Å²) in [5, 5.41) is 0.447. The van der Waals surface area contributed by atoms with E-state index in [-0.39, 0.29) is 23.7 Å². The molecular weight excluding hydrogens is 395 g/mol.